The molecule has 0 radical (unpaired) electrons. The van der Waals surface area contributed by atoms with Crippen molar-refractivity contribution in [2.24, 2.45) is 0 Å². The van der Waals surface area contributed by atoms with Gasteiger partial charge in [0.05, 0.1) is 4.47 Å². The Hall–Kier alpha value is -0.910. The standard InChI is InChI=1S/C13H15BrF3NO/c14-11-8-10(18-9-4-2-1-3-5-9)6-7-12(11)19-13(15,16)17/h6-9,18H,1-5H2. The molecule has 1 aliphatic rings. The molecule has 19 heavy (non-hydrogen) atoms. The van der Waals surface area contributed by atoms with E-state index in [1.165, 1.54) is 25.3 Å². The van der Waals surface area contributed by atoms with E-state index in [2.05, 4.69) is 26.0 Å². The normalized spacial score (nSPS) is 17.3. The lowest BCUT2D eigenvalue weighted by atomic mass is 9.95. The monoisotopic (exact) mass is 337 g/mol. The minimum Gasteiger partial charge on any atom is -0.405 e. The molecular formula is C13H15BrF3NO. The fraction of sp³-hybridized carbons (Fsp3) is 0.538. The van der Waals surface area contributed by atoms with E-state index in [1.54, 1.807) is 12.1 Å². The number of hydrogen-bond acceptors (Lipinski definition) is 2. The Balaban J connectivity index is 2.01. The van der Waals surface area contributed by atoms with Crippen LogP contribution in [0.5, 0.6) is 5.75 Å². The molecule has 1 aliphatic carbocycles. The smallest absolute Gasteiger partial charge is 0.405 e. The molecule has 0 bridgehead atoms. The van der Waals surface area contributed by atoms with Crippen molar-refractivity contribution < 1.29 is 17.9 Å². The van der Waals surface area contributed by atoms with E-state index in [1.807, 2.05) is 0 Å². The number of anilines is 1. The van der Waals surface area contributed by atoms with Crippen LogP contribution in [0.1, 0.15) is 32.1 Å². The van der Waals surface area contributed by atoms with E-state index in [0.717, 1.165) is 18.5 Å². The van der Waals surface area contributed by atoms with Crippen LogP contribution in [-0.2, 0) is 0 Å². The minimum absolute atomic E-state index is 0.221. The summed E-state index contributed by atoms with van der Waals surface area (Å²) in [5, 5.41) is 3.34. The van der Waals surface area contributed by atoms with Gasteiger partial charge in [0.1, 0.15) is 5.75 Å². The number of halogens is 4. The summed E-state index contributed by atoms with van der Waals surface area (Å²) in [5.74, 6) is -0.221. The van der Waals surface area contributed by atoms with Gasteiger partial charge < -0.3 is 10.1 Å². The highest BCUT2D eigenvalue weighted by Gasteiger charge is 2.32. The second kappa shape index (κ2) is 6.03. The molecule has 106 valence electrons. The molecule has 6 heteroatoms. The van der Waals surface area contributed by atoms with E-state index < -0.39 is 6.36 Å². The zero-order valence-electron chi connectivity index (χ0n) is 10.3. The predicted octanol–water partition coefficient (Wildman–Crippen LogP) is 5.09. The average Bonchev–Trinajstić information content (AvgIpc) is 2.33. The van der Waals surface area contributed by atoms with E-state index in [0.29, 0.717) is 10.5 Å². The third-order valence-electron chi connectivity index (χ3n) is 3.13. The Bertz CT molecular complexity index is 430. The molecule has 1 fully saturated rings. The topological polar surface area (TPSA) is 21.3 Å². The van der Waals surface area contributed by atoms with E-state index in [4.69, 9.17) is 0 Å². The van der Waals surface area contributed by atoms with Gasteiger partial charge in [-0.25, -0.2) is 0 Å². The number of hydrogen-bond donors (Lipinski definition) is 1. The first kappa shape index (κ1) is 14.5. The third-order valence-corrected chi connectivity index (χ3v) is 3.75. The molecule has 1 saturated carbocycles. The summed E-state index contributed by atoms with van der Waals surface area (Å²) >= 11 is 3.10. The molecule has 0 amide bonds. The molecule has 0 unspecified atom stereocenters. The number of nitrogens with one attached hydrogen (secondary N) is 1. The van der Waals surface area contributed by atoms with Crippen molar-refractivity contribution in [2.45, 2.75) is 44.5 Å². The molecule has 0 atom stereocenters. The Morgan fingerprint density at radius 2 is 1.84 bits per heavy atom. The summed E-state index contributed by atoms with van der Waals surface area (Å²) in [6.07, 6.45) is 1.22. The molecule has 2 nitrogen and oxygen atoms in total. The van der Waals surface area contributed by atoms with Gasteiger partial charge >= 0.3 is 6.36 Å². The van der Waals surface area contributed by atoms with E-state index in [9.17, 15) is 13.2 Å². The summed E-state index contributed by atoms with van der Waals surface area (Å²) in [7, 11) is 0. The SMILES string of the molecule is FC(F)(F)Oc1ccc(NC2CCCCC2)cc1Br. The van der Waals surface area contributed by atoms with Gasteiger partial charge in [0.2, 0.25) is 0 Å². The fourth-order valence-electron chi connectivity index (χ4n) is 2.28. The van der Waals surface area contributed by atoms with Crippen LogP contribution < -0.4 is 10.1 Å². The first-order valence-corrected chi connectivity index (χ1v) is 7.05. The quantitative estimate of drug-likeness (QED) is 0.829. The Kier molecular flexibility index (Phi) is 4.60. The average molecular weight is 338 g/mol. The van der Waals surface area contributed by atoms with Gasteiger partial charge in [-0.3, -0.25) is 0 Å². The van der Waals surface area contributed by atoms with Crippen molar-refractivity contribution in [1.29, 1.82) is 0 Å². The van der Waals surface area contributed by atoms with Crippen LogP contribution in [0.25, 0.3) is 0 Å². The van der Waals surface area contributed by atoms with Crippen LogP contribution in [0.3, 0.4) is 0 Å². The molecule has 0 heterocycles. The number of ether oxygens (including phenoxy) is 1. The second-order valence-corrected chi connectivity index (χ2v) is 5.53. The highest BCUT2D eigenvalue weighted by Crippen LogP contribution is 2.33. The second-order valence-electron chi connectivity index (χ2n) is 4.67. The van der Waals surface area contributed by atoms with Crippen molar-refractivity contribution in [3.63, 3.8) is 0 Å². The maximum absolute atomic E-state index is 12.1. The van der Waals surface area contributed by atoms with Crippen molar-refractivity contribution in [1.82, 2.24) is 0 Å². The number of benzene rings is 1. The molecule has 0 spiro atoms. The molecule has 0 saturated heterocycles. The highest BCUT2D eigenvalue weighted by molar-refractivity contribution is 9.10. The van der Waals surface area contributed by atoms with Crippen LogP contribution in [-0.4, -0.2) is 12.4 Å². The summed E-state index contributed by atoms with van der Waals surface area (Å²) in [6.45, 7) is 0. The summed E-state index contributed by atoms with van der Waals surface area (Å²) in [5.41, 5.74) is 0.813. The van der Waals surface area contributed by atoms with Crippen LogP contribution in [0.15, 0.2) is 22.7 Å². The van der Waals surface area contributed by atoms with Crippen LogP contribution in [0, 0.1) is 0 Å². The molecule has 2 rings (SSSR count). The number of rotatable bonds is 3. The first-order valence-electron chi connectivity index (χ1n) is 6.26. The van der Waals surface area contributed by atoms with E-state index in [-0.39, 0.29) is 5.75 Å². The van der Waals surface area contributed by atoms with Gasteiger partial charge in [0.15, 0.2) is 0 Å². The first-order chi connectivity index (χ1) is 8.94. The van der Waals surface area contributed by atoms with Gasteiger partial charge in [-0.1, -0.05) is 19.3 Å². The maximum atomic E-state index is 12.1. The molecular weight excluding hydrogens is 323 g/mol. The van der Waals surface area contributed by atoms with Crippen molar-refractivity contribution in [3.8, 4) is 5.75 Å². The van der Waals surface area contributed by atoms with Crippen molar-refractivity contribution >= 4 is 21.6 Å². The van der Waals surface area contributed by atoms with E-state index >= 15 is 0 Å². The summed E-state index contributed by atoms with van der Waals surface area (Å²) in [6, 6.07) is 4.97. The lowest BCUT2D eigenvalue weighted by Gasteiger charge is -2.24. The van der Waals surface area contributed by atoms with Gasteiger partial charge in [-0.05, 0) is 47.0 Å². The zero-order chi connectivity index (χ0) is 13.9. The summed E-state index contributed by atoms with van der Waals surface area (Å²) < 4.78 is 40.6. The largest absolute Gasteiger partial charge is 0.573 e. The van der Waals surface area contributed by atoms with Crippen LogP contribution in [0.2, 0.25) is 0 Å². The van der Waals surface area contributed by atoms with Gasteiger partial charge in [-0.15, -0.1) is 13.2 Å². The van der Waals surface area contributed by atoms with Crippen LogP contribution in [0.4, 0.5) is 18.9 Å². The molecule has 1 aromatic rings. The van der Waals surface area contributed by atoms with Crippen LogP contribution >= 0.6 is 15.9 Å². The van der Waals surface area contributed by atoms with Gasteiger partial charge in [0.25, 0.3) is 0 Å². The third kappa shape index (κ3) is 4.60. The zero-order valence-corrected chi connectivity index (χ0v) is 11.9. The van der Waals surface area contributed by atoms with Gasteiger partial charge in [-0.2, -0.15) is 0 Å². The Labute approximate surface area is 118 Å². The molecule has 0 aliphatic heterocycles. The predicted molar refractivity (Wildman–Crippen MR) is 71.3 cm³/mol. The maximum Gasteiger partial charge on any atom is 0.573 e. The molecule has 1 N–H and O–H groups in total. The lowest BCUT2D eigenvalue weighted by Crippen LogP contribution is -2.22. The lowest BCUT2D eigenvalue weighted by molar-refractivity contribution is -0.274. The fourth-order valence-corrected chi connectivity index (χ4v) is 2.74. The molecule has 1 aromatic carbocycles. The summed E-state index contributed by atoms with van der Waals surface area (Å²) in [4.78, 5) is 0. The molecule has 0 aromatic heterocycles. The number of alkyl halides is 3. The minimum atomic E-state index is -4.67. The van der Waals surface area contributed by atoms with Crippen molar-refractivity contribution in [3.05, 3.63) is 22.7 Å². The van der Waals surface area contributed by atoms with Crippen molar-refractivity contribution in [2.75, 3.05) is 5.32 Å². The Morgan fingerprint density at radius 3 is 2.42 bits per heavy atom. The van der Waals surface area contributed by atoms with Gasteiger partial charge in [0, 0.05) is 11.7 Å². The Morgan fingerprint density at radius 1 is 1.16 bits per heavy atom. The highest BCUT2D eigenvalue weighted by atomic mass is 79.9.